The lowest BCUT2D eigenvalue weighted by atomic mass is 10.2. The van der Waals surface area contributed by atoms with Gasteiger partial charge in [-0.25, -0.2) is 0 Å². The minimum Gasteiger partial charge on any atom is -0.272 e. The first-order valence-electron chi connectivity index (χ1n) is 6.87. The molecule has 2 aromatic carbocycles. The monoisotopic (exact) mass is 382 g/mol. The third-order valence-corrected chi connectivity index (χ3v) is 5.15. The maximum atomic E-state index is 11.9. The van der Waals surface area contributed by atoms with E-state index in [4.69, 9.17) is 11.6 Å². The molecule has 2 aromatic rings. The number of carbonyl (C=O) groups excluding carboxylic acids is 2. The molecule has 126 valence electrons. The Morgan fingerprint density at radius 2 is 1.67 bits per heavy atom. The average molecular weight is 383 g/mol. The van der Waals surface area contributed by atoms with Gasteiger partial charge in [-0.15, -0.1) is 11.8 Å². The molecule has 1 atom stereocenters. The first-order chi connectivity index (χ1) is 11.5. The van der Waals surface area contributed by atoms with Crippen molar-refractivity contribution >= 4 is 46.0 Å². The standard InChI is InChI=1S/C16H15ClN2O3S2/c1-24(22)14-8-2-11(3-9-14)16(21)19-18-15(20)10-23-13-6-4-12(17)5-7-13/h2-9H,10H2,1H3,(H,18,20)(H,19,21). The second-order valence-electron chi connectivity index (χ2n) is 4.72. The first-order valence-corrected chi connectivity index (χ1v) is 9.79. The minimum absolute atomic E-state index is 0.162. The normalized spacial score (nSPS) is 11.6. The fourth-order valence-corrected chi connectivity index (χ4v) is 3.06. The van der Waals surface area contributed by atoms with E-state index in [1.54, 1.807) is 42.7 Å². The molecule has 1 unspecified atom stereocenters. The third kappa shape index (κ3) is 5.67. The number of hydrazine groups is 1. The van der Waals surface area contributed by atoms with Crippen molar-refractivity contribution < 1.29 is 13.8 Å². The summed E-state index contributed by atoms with van der Waals surface area (Å²) in [5, 5.41) is 0.633. The molecule has 0 aromatic heterocycles. The highest BCUT2D eigenvalue weighted by Crippen LogP contribution is 2.19. The molecule has 0 aliphatic heterocycles. The molecule has 0 saturated heterocycles. The van der Waals surface area contributed by atoms with E-state index in [9.17, 15) is 13.8 Å². The van der Waals surface area contributed by atoms with E-state index in [2.05, 4.69) is 10.9 Å². The second kappa shape index (κ2) is 8.86. The maximum Gasteiger partial charge on any atom is 0.269 e. The number of thioether (sulfide) groups is 1. The van der Waals surface area contributed by atoms with Gasteiger partial charge in [0.1, 0.15) is 0 Å². The van der Waals surface area contributed by atoms with Gasteiger partial charge in [0.2, 0.25) is 5.91 Å². The van der Waals surface area contributed by atoms with Gasteiger partial charge >= 0.3 is 0 Å². The minimum atomic E-state index is -1.10. The largest absolute Gasteiger partial charge is 0.272 e. The van der Waals surface area contributed by atoms with Crippen LogP contribution in [0, 0.1) is 0 Å². The van der Waals surface area contributed by atoms with Gasteiger partial charge in [-0.3, -0.25) is 24.6 Å². The van der Waals surface area contributed by atoms with E-state index in [0.29, 0.717) is 15.5 Å². The van der Waals surface area contributed by atoms with E-state index in [0.717, 1.165) is 4.90 Å². The summed E-state index contributed by atoms with van der Waals surface area (Å²) in [5.41, 5.74) is 5.07. The van der Waals surface area contributed by atoms with Gasteiger partial charge < -0.3 is 0 Å². The van der Waals surface area contributed by atoms with E-state index < -0.39 is 16.7 Å². The van der Waals surface area contributed by atoms with E-state index in [-0.39, 0.29) is 11.7 Å². The van der Waals surface area contributed by atoms with Crippen molar-refractivity contribution in [1.29, 1.82) is 0 Å². The highest BCUT2D eigenvalue weighted by molar-refractivity contribution is 8.00. The van der Waals surface area contributed by atoms with E-state index in [1.165, 1.54) is 11.8 Å². The summed E-state index contributed by atoms with van der Waals surface area (Å²) in [6.45, 7) is 0. The summed E-state index contributed by atoms with van der Waals surface area (Å²) < 4.78 is 11.3. The third-order valence-electron chi connectivity index (χ3n) is 2.95. The Morgan fingerprint density at radius 1 is 1.04 bits per heavy atom. The molecule has 0 spiro atoms. The predicted molar refractivity (Wildman–Crippen MR) is 96.6 cm³/mol. The van der Waals surface area contributed by atoms with Gasteiger partial charge in [-0.05, 0) is 48.5 Å². The molecule has 0 bridgehead atoms. The Balaban J connectivity index is 1.79. The molecule has 2 amide bonds. The van der Waals surface area contributed by atoms with E-state index in [1.807, 2.05) is 12.1 Å². The van der Waals surface area contributed by atoms with Crippen molar-refractivity contribution in [1.82, 2.24) is 10.9 Å². The molecule has 0 aliphatic carbocycles. The number of benzene rings is 2. The zero-order valence-corrected chi connectivity index (χ0v) is 15.1. The fraction of sp³-hybridized carbons (Fsp3) is 0.125. The second-order valence-corrected chi connectivity index (χ2v) is 7.59. The summed E-state index contributed by atoms with van der Waals surface area (Å²) in [6.07, 6.45) is 1.56. The number of amides is 2. The Morgan fingerprint density at radius 3 is 2.25 bits per heavy atom. The Labute approximate surface area is 151 Å². The summed E-state index contributed by atoms with van der Waals surface area (Å²) in [7, 11) is -1.10. The van der Waals surface area contributed by atoms with Crippen LogP contribution in [0.2, 0.25) is 5.02 Å². The van der Waals surface area contributed by atoms with Crippen LogP contribution >= 0.6 is 23.4 Å². The van der Waals surface area contributed by atoms with Crippen molar-refractivity contribution in [2.75, 3.05) is 12.0 Å². The SMILES string of the molecule is CS(=O)c1ccc(C(=O)NNC(=O)CSc2ccc(Cl)cc2)cc1. The van der Waals surface area contributed by atoms with Crippen LogP contribution in [-0.2, 0) is 15.6 Å². The van der Waals surface area contributed by atoms with Crippen LogP contribution in [0.4, 0.5) is 0 Å². The van der Waals surface area contributed by atoms with Gasteiger partial charge in [-0.2, -0.15) is 0 Å². The van der Waals surface area contributed by atoms with Crippen LogP contribution in [0.1, 0.15) is 10.4 Å². The number of halogens is 1. The van der Waals surface area contributed by atoms with Gasteiger partial charge in [-0.1, -0.05) is 11.6 Å². The number of rotatable bonds is 5. The van der Waals surface area contributed by atoms with Crippen LogP contribution in [0.3, 0.4) is 0 Å². The van der Waals surface area contributed by atoms with Crippen molar-refractivity contribution in [3.8, 4) is 0 Å². The molecule has 0 fully saturated rings. The van der Waals surface area contributed by atoms with Crippen LogP contribution < -0.4 is 10.9 Å². The number of hydrogen-bond donors (Lipinski definition) is 2. The topological polar surface area (TPSA) is 75.3 Å². The highest BCUT2D eigenvalue weighted by atomic mass is 35.5. The quantitative estimate of drug-likeness (QED) is 0.615. The predicted octanol–water partition coefficient (Wildman–Crippen LogP) is 2.63. The maximum absolute atomic E-state index is 11.9. The van der Waals surface area contributed by atoms with Crippen LogP contribution in [0.5, 0.6) is 0 Å². The molecule has 2 rings (SSSR count). The molecule has 0 radical (unpaired) electrons. The lowest BCUT2D eigenvalue weighted by molar-refractivity contribution is -0.119. The van der Waals surface area contributed by atoms with Crippen molar-refractivity contribution in [3.05, 3.63) is 59.1 Å². The van der Waals surface area contributed by atoms with Gasteiger partial charge in [0.15, 0.2) is 0 Å². The molecule has 0 saturated carbocycles. The Bertz CT molecular complexity index is 749. The van der Waals surface area contributed by atoms with Crippen molar-refractivity contribution in [2.45, 2.75) is 9.79 Å². The van der Waals surface area contributed by atoms with Crippen LogP contribution in [0.15, 0.2) is 58.3 Å². The smallest absolute Gasteiger partial charge is 0.269 e. The molecule has 8 heteroatoms. The molecular weight excluding hydrogens is 368 g/mol. The molecule has 0 aliphatic rings. The molecular formula is C16H15ClN2O3S2. The van der Waals surface area contributed by atoms with Crippen LogP contribution in [-0.4, -0.2) is 28.0 Å². The fourth-order valence-electron chi connectivity index (χ4n) is 1.71. The number of nitrogens with one attached hydrogen (secondary N) is 2. The molecule has 24 heavy (non-hydrogen) atoms. The first kappa shape index (κ1) is 18.5. The highest BCUT2D eigenvalue weighted by Gasteiger charge is 2.08. The summed E-state index contributed by atoms with van der Waals surface area (Å²) >= 11 is 7.13. The van der Waals surface area contributed by atoms with Gasteiger partial charge in [0.25, 0.3) is 5.91 Å². The lowest BCUT2D eigenvalue weighted by Crippen LogP contribution is -2.42. The summed E-state index contributed by atoms with van der Waals surface area (Å²) in [5.74, 6) is -0.599. The summed E-state index contributed by atoms with van der Waals surface area (Å²) in [6, 6.07) is 13.5. The molecule has 2 N–H and O–H groups in total. The zero-order chi connectivity index (χ0) is 17.5. The van der Waals surface area contributed by atoms with Gasteiger partial charge in [0, 0.05) is 37.4 Å². The number of hydrogen-bond acceptors (Lipinski definition) is 4. The van der Waals surface area contributed by atoms with Gasteiger partial charge in [0.05, 0.1) is 5.75 Å². The van der Waals surface area contributed by atoms with E-state index >= 15 is 0 Å². The van der Waals surface area contributed by atoms with Crippen molar-refractivity contribution in [2.24, 2.45) is 0 Å². The Hall–Kier alpha value is -1.83. The molecule has 5 nitrogen and oxygen atoms in total. The van der Waals surface area contributed by atoms with Crippen molar-refractivity contribution in [3.63, 3.8) is 0 Å². The Kier molecular flexibility index (Phi) is 6.84. The average Bonchev–Trinajstić information content (AvgIpc) is 2.59. The zero-order valence-electron chi connectivity index (χ0n) is 12.7. The number of carbonyl (C=O) groups is 2. The van der Waals surface area contributed by atoms with Crippen LogP contribution in [0.25, 0.3) is 0 Å². The molecule has 0 heterocycles. The summed E-state index contributed by atoms with van der Waals surface area (Å²) in [4.78, 5) is 25.2. The lowest BCUT2D eigenvalue weighted by Gasteiger charge is -2.08.